The van der Waals surface area contributed by atoms with Crippen LogP contribution in [0.1, 0.15) is 10.7 Å². The summed E-state index contributed by atoms with van der Waals surface area (Å²) in [6, 6.07) is 7.36. The molecule has 0 saturated heterocycles. The lowest BCUT2D eigenvalue weighted by Gasteiger charge is -1.96. The summed E-state index contributed by atoms with van der Waals surface area (Å²) < 4.78 is 5.91. The van der Waals surface area contributed by atoms with Gasteiger partial charge in [0.15, 0.2) is 0 Å². The van der Waals surface area contributed by atoms with Crippen molar-refractivity contribution in [2.24, 2.45) is 0 Å². The maximum absolute atomic E-state index is 10.5. The quantitative estimate of drug-likeness (QED) is 0.858. The molecule has 5 nitrogen and oxygen atoms in total. The van der Waals surface area contributed by atoms with Crippen molar-refractivity contribution in [3.05, 3.63) is 33.7 Å². The number of hydrogen-bond acceptors (Lipinski definition) is 4. The first-order chi connectivity index (χ1) is 7.18. The minimum absolute atomic E-state index is 0.220. The largest absolute Gasteiger partial charge is 0.474 e. The molecule has 0 spiro atoms. The Balaban J connectivity index is 2.46. The van der Waals surface area contributed by atoms with Gasteiger partial charge in [0.2, 0.25) is 5.89 Å². The molecule has 0 aliphatic carbocycles. The van der Waals surface area contributed by atoms with Crippen LogP contribution in [0.15, 0.2) is 28.7 Å². The molecule has 6 heteroatoms. The fourth-order valence-corrected chi connectivity index (χ4v) is 1.67. The first-order valence-electron chi connectivity index (χ1n) is 4.00. The molecule has 1 heterocycles. The Labute approximate surface area is 98.3 Å². The first kappa shape index (κ1) is 10.1. The summed E-state index contributed by atoms with van der Waals surface area (Å²) in [5.41, 5.74) is 0.734. The van der Waals surface area contributed by atoms with Crippen molar-refractivity contribution < 1.29 is 14.3 Å². The molecule has 0 aliphatic rings. The molecule has 1 aromatic heterocycles. The van der Waals surface area contributed by atoms with Gasteiger partial charge in [-0.1, -0.05) is 12.1 Å². The highest BCUT2D eigenvalue weighted by atomic mass is 127. The number of halogens is 1. The van der Waals surface area contributed by atoms with Gasteiger partial charge in [-0.05, 0) is 34.7 Å². The predicted molar refractivity (Wildman–Crippen MR) is 59.4 cm³/mol. The topological polar surface area (TPSA) is 76.2 Å². The summed E-state index contributed by atoms with van der Waals surface area (Å²) in [5.74, 6) is -1.40. The molecule has 15 heavy (non-hydrogen) atoms. The number of carboxylic acids is 1. The van der Waals surface area contributed by atoms with E-state index in [1.165, 1.54) is 0 Å². The van der Waals surface area contributed by atoms with Crippen LogP contribution in [0.2, 0.25) is 0 Å². The summed E-state index contributed by atoms with van der Waals surface area (Å²) in [6.07, 6.45) is 0. The fraction of sp³-hybridized carbons (Fsp3) is 0. The van der Waals surface area contributed by atoms with Crippen molar-refractivity contribution in [2.45, 2.75) is 0 Å². The standard InChI is InChI=1S/C9H5IN2O3/c10-6-4-2-1-3-5(6)7-11-12-8(15-7)9(13)14/h1-4H,(H,13,14). The Hall–Kier alpha value is -1.44. The summed E-state index contributed by atoms with van der Waals surface area (Å²) >= 11 is 2.12. The molecular weight excluding hydrogens is 311 g/mol. The molecule has 1 N–H and O–H groups in total. The smallest absolute Gasteiger partial charge is 0.393 e. The lowest BCUT2D eigenvalue weighted by Crippen LogP contribution is -1.95. The van der Waals surface area contributed by atoms with Gasteiger partial charge in [-0.3, -0.25) is 0 Å². The lowest BCUT2D eigenvalue weighted by molar-refractivity contribution is 0.0654. The molecule has 0 aliphatic heterocycles. The molecule has 2 aromatic rings. The predicted octanol–water partition coefficient (Wildman–Crippen LogP) is 2.04. The van der Waals surface area contributed by atoms with E-state index in [-0.39, 0.29) is 5.89 Å². The van der Waals surface area contributed by atoms with Crippen LogP contribution in [0.4, 0.5) is 0 Å². The van der Waals surface area contributed by atoms with Crippen LogP contribution >= 0.6 is 22.6 Å². The molecule has 0 unspecified atom stereocenters. The summed E-state index contributed by atoms with van der Waals surface area (Å²) in [6.45, 7) is 0. The fourth-order valence-electron chi connectivity index (χ4n) is 1.05. The second-order valence-electron chi connectivity index (χ2n) is 2.70. The van der Waals surface area contributed by atoms with Gasteiger partial charge in [-0.2, -0.15) is 0 Å². The van der Waals surface area contributed by atoms with Crippen molar-refractivity contribution in [1.29, 1.82) is 0 Å². The minimum Gasteiger partial charge on any atom is -0.474 e. The zero-order valence-electron chi connectivity index (χ0n) is 7.35. The summed E-state index contributed by atoms with van der Waals surface area (Å²) in [7, 11) is 0. The average molecular weight is 316 g/mol. The second-order valence-corrected chi connectivity index (χ2v) is 3.86. The van der Waals surface area contributed by atoms with Crippen LogP contribution in [0.25, 0.3) is 11.5 Å². The van der Waals surface area contributed by atoms with Crippen molar-refractivity contribution in [2.75, 3.05) is 0 Å². The third-order valence-electron chi connectivity index (χ3n) is 1.71. The van der Waals surface area contributed by atoms with Crippen molar-refractivity contribution in [3.63, 3.8) is 0 Å². The Bertz CT molecular complexity index is 510. The van der Waals surface area contributed by atoms with Gasteiger partial charge in [0.25, 0.3) is 0 Å². The number of benzene rings is 1. The van der Waals surface area contributed by atoms with Crippen LogP contribution in [0, 0.1) is 3.57 Å². The Kier molecular flexibility index (Phi) is 2.67. The van der Waals surface area contributed by atoms with E-state index in [2.05, 4.69) is 32.8 Å². The Morgan fingerprint density at radius 3 is 2.67 bits per heavy atom. The van der Waals surface area contributed by atoms with E-state index >= 15 is 0 Å². The van der Waals surface area contributed by atoms with E-state index in [1.807, 2.05) is 18.2 Å². The van der Waals surface area contributed by atoms with Crippen LogP contribution in [-0.4, -0.2) is 21.3 Å². The van der Waals surface area contributed by atoms with Crippen LogP contribution in [-0.2, 0) is 0 Å². The second kappa shape index (κ2) is 3.97. The molecule has 0 atom stereocenters. The molecule has 0 saturated carbocycles. The van der Waals surface area contributed by atoms with Gasteiger partial charge in [0, 0.05) is 3.57 Å². The molecule has 0 radical (unpaired) electrons. The van der Waals surface area contributed by atoms with E-state index in [4.69, 9.17) is 9.52 Å². The monoisotopic (exact) mass is 316 g/mol. The number of nitrogens with zero attached hydrogens (tertiary/aromatic N) is 2. The third kappa shape index (κ3) is 1.99. The SMILES string of the molecule is O=C(O)c1nnc(-c2ccccc2I)o1. The average Bonchev–Trinajstić information content (AvgIpc) is 2.67. The zero-order chi connectivity index (χ0) is 10.8. The molecular formula is C9H5IN2O3. The highest BCUT2D eigenvalue weighted by Gasteiger charge is 2.15. The summed E-state index contributed by atoms with van der Waals surface area (Å²) in [5, 5.41) is 15.7. The Morgan fingerprint density at radius 2 is 2.07 bits per heavy atom. The molecule has 76 valence electrons. The highest BCUT2D eigenvalue weighted by molar-refractivity contribution is 14.1. The van der Waals surface area contributed by atoms with E-state index in [0.717, 1.165) is 9.13 Å². The van der Waals surface area contributed by atoms with E-state index in [0.29, 0.717) is 0 Å². The van der Waals surface area contributed by atoms with Gasteiger partial charge >= 0.3 is 11.9 Å². The van der Waals surface area contributed by atoms with E-state index in [9.17, 15) is 4.79 Å². The van der Waals surface area contributed by atoms with Crippen molar-refractivity contribution >= 4 is 28.6 Å². The van der Waals surface area contributed by atoms with E-state index < -0.39 is 11.9 Å². The number of hydrogen-bond donors (Lipinski definition) is 1. The van der Waals surface area contributed by atoms with Crippen molar-refractivity contribution in [1.82, 2.24) is 10.2 Å². The molecule has 0 fully saturated rings. The third-order valence-corrected chi connectivity index (χ3v) is 2.65. The zero-order valence-corrected chi connectivity index (χ0v) is 9.50. The van der Waals surface area contributed by atoms with Gasteiger partial charge in [-0.25, -0.2) is 4.79 Å². The maximum Gasteiger partial charge on any atom is 0.393 e. The van der Waals surface area contributed by atoms with Gasteiger partial charge in [-0.15, -0.1) is 10.2 Å². The first-order valence-corrected chi connectivity index (χ1v) is 5.08. The molecule has 0 bridgehead atoms. The highest BCUT2D eigenvalue weighted by Crippen LogP contribution is 2.23. The van der Waals surface area contributed by atoms with Gasteiger partial charge in [0.05, 0.1) is 5.56 Å². The number of carbonyl (C=O) groups is 1. The van der Waals surface area contributed by atoms with Crippen molar-refractivity contribution in [3.8, 4) is 11.5 Å². The number of carboxylic acid groups (broad SMARTS) is 1. The number of aromatic nitrogens is 2. The maximum atomic E-state index is 10.5. The summed E-state index contributed by atoms with van der Waals surface area (Å²) in [4.78, 5) is 10.5. The molecule has 1 aromatic carbocycles. The van der Waals surface area contributed by atoms with E-state index in [1.54, 1.807) is 6.07 Å². The Morgan fingerprint density at radius 1 is 1.33 bits per heavy atom. The molecule has 2 rings (SSSR count). The normalized spacial score (nSPS) is 10.2. The van der Waals surface area contributed by atoms with Crippen LogP contribution in [0.3, 0.4) is 0 Å². The number of rotatable bonds is 2. The van der Waals surface area contributed by atoms with Crippen LogP contribution in [0.5, 0.6) is 0 Å². The van der Waals surface area contributed by atoms with Gasteiger partial charge < -0.3 is 9.52 Å². The number of aromatic carboxylic acids is 1. The minimum atomic E-state index is -1.22. The van der Waals surface area contributed by atoms with Crippen LogP contribution < -0.4 is 0 Å². The molecule has 0 amide bonds. The van der Waals surface area contributed by atoms with Gasteiger partial charge in [0.1, 0.15) is 0 Å². The lowest BCUT2D eigenvalue weighted by atomic mass is 10.2.